The minimum Gasteiger partial charge on any atom is -0.331 e. The van der Waals surface area contributed by atoms with Gasteiger partial charge in [-0.25, -0.2) is 0 Å². The molecule has 1 aliphatic heterocycles. The molecule has 142 valence electrons. The number of thiophene rings is 1. The van der Waals surface area contributed by atoms with Crippen molar-refractivity contribution < 1.29 is 14.4 Å². The molecule has 1 aromatic carbocycles. The van der Waals surface area contributed by atoms with Gasteiger partial charge in [0.25, 0.3) is 5.91 Å². The molecule has 1 aliphatic rings. The van der Waals surface area contributed by atoms with Crippen LogP contribution in [0.4, 0.5) is 11.4 Å². The lowest BCUT2D eigenvalue weighted by atomic mass is 9.96. The van der Waals surface area contributed by atoms with Crippen LogP contribution in [-0.2, 0) is 16.0 Å². The second kappa shape index (κ2) is 7.92. The number of anilines is 2. The van der Waals surface area contributed by atoms with E-state index in [1.165, 1.54) is 24.3 Å². The third-order valence-electron chi connectivity index (χ3n) is 4.56. The van der Waals surface area contributed by atoms with E-state index in [0.717, 1.165) is 12.8 Å². The van der Waals surface area contributed by atoms with Gasteiger partial charge < -0.3 is 15.5 Å². The standard InChI is InChI=1S/C20H23N3O3S/c1-4-18-17-6-8-27-19(17)5-7-23(18)20(26)14-9-15(21-12(2)24)11-16(10-14)22-13(3)25/h6,8-11,18H,4-5,7H2,1-3H3,(H,21,24)(H,22,25)/t18-/m0/s1. The summed E-state index contributed by atoms with van der Waals surface area (Å²) in [4.78, 5) is 39.4. The first-order valence-corrected chi connectivity index (χ1v) is 9.84. The molecule has 0 unspecified atom stereocenters. The molecule has 0 spiro atoms. The van der Waals surface area contributed by atoms with Gasteiger partial charge in [0, 0.05) is 42.2 Å². The predicted octanol–water partition coefficient (Wildman–Crippen LogP) is 3.81. The number of hydrogen-bond donors (Lipinski definition) is 2. The van der Waals surface area contributed by atoms with E-state index >= 15 is 0 Å². The molecule has 0 saturated heterocycles. The van der Waals surface area contributed by atoms with E-state index in [0.29, 0.717) is 23.5 Å². The number of carbonyl (C=O) groups is 3. The normalized spacial score (nSPS) is 15.8. The molecule has 2 heterocycles. The number of hydrogen-bond acceptors (Lipinski definition) is 4. The fraction of sp³-hybridized carbons (Fsp3) is 0.350. The Labute approximate surface area is 162 Å². The van der Waals surface area contributed by atoms with Crippen molar-refractivity contribution in [2.24, 2.45) is 0 Å². The summed E-state index contributed by atoms with van der Waals surface area (Å²) in [5, 5.41) is 7.47. The molecule has 0 aliphatic carbocycles. The molecule has 3 amide bonds. The molecule has 0 fully saturated rings. The number of fused-ring (bicyclic) bond motifs is 1. The number of nitrogens with zero attached hydrogens (tertiary/aromatic N) is 1. The highest BCUT2D eigenvalue weighted by Crippen LogP contribution is 2.36. The van der Waals surface area contributed by atoms with Crippen molar-refractivity contribution in [1.82, 2.24) is 4.90 Å². The van der Waals surface area contributed by atoms with Crippen molar-refractivity contribution in [2.45, 2.75) is 39.7 Å². The lowest BCUT2D eigenvalue weighted by Gasteiger charge is -2.35. The molecule has 2 aromatic rings. The van der Waals surface area contributed by atoms with E-state index in [1.54, 1.807) is 29.5 Å². The van der Waals surface area contributed by atoms with E-state index in [9.17, 15) is 14.4 Å². The van der Waals surface area contributed by atoms with Crippen LogP contribution < -0.4 is 10.6 Å². The van der Waals surface area contributed by atoms with Gasteiger partial charge in [0.2, 0.25) is 11.8 Å². The quantitative estimate of drug-likeness (QED) is 0.840. The van der Waals surface area contributed by atoms with Crippen molar-refractivity contribution in [3.05, 3.63) is 45.6 Å². The van der Waals surface area contributed by atoms with Crippen LogP contribution in [0.3, 0.4) is 0 Å². The van der Waals surface area contributed by atoms with Gasteiger partial charge in [-0.15, -0.1) is 11.3 Å². The monoisotopic (exact) mass is 385 g/mol. The molecule has 0 radical (unpaired) electrons. The van der Waals surface area contributed by atoms with Crippen molar-refractivity contribution in [3.63, 3.8) is 0 Å². The summed E-state index contributed by atoms with van der Waals surface area (Å²) in [6.07, 6.45) is 1.68. The van der Waals surface area contributed by atoms with Gasteiger partial charge in [0.1, 0.15) is 0 Å². The lowest BCUT2D eigenvalue weighted by molar-refractivity contribution is -0.115. The predicted molar refractivity (Wildman–Crippen MR) is 107 cm³/mol. The maximum atomic E-state index is 13.3. The molecule has 3 rings (SSSR count). The number of carbonyl (C=O) groups excluding carboxylic acids is 3. The van der Waals surface area contributed by atoms with Gasteiger partial charge in [-0.1, -0.05) is 6.92 Å². The zero-order valence-electron chi connectivity index (χ0n) is 15.7. The van der Waals surface area contributed by atoms with E-state index < -0.39 is 0 Å². The zero-order valence-corrected chi connectivity index (χ0v) is 16.5. The van der Waals surface area contributed by atoms with Gasteiger partial charge in [-0.3, -0.25) is 14.4 Å². The third kappa shape index (κ3) is 4.19. The highest BCUT2D eigenvalue weighted by Gasteiger charge is 2.31. The van der Waals surface area contributed by atoms with Crippen LogP contribution in [0.15, 0.2) is 29.6 Å². The average molecular weight is 385 g/mol. The Hall–Kier alpha value is -2.67. The van der Waals surface area contributed by atoms with Crippen molar-refractivity contribution in [2.75, 3.05) is 17.2 Å². The van der Waals surface area contributed by atoms with Crippen LogP contribution in [0, 0.1) is 0 Å². The zero-order chi connectivity index (χ0) is 19.6. The summed E-state index contributed by atoms with van der Waals surface area (Å²) >= 11 is 1.74. The minimum absolute atomic E-state index is 0.0427. The highest BCUT2D eigenvalue weighted by atomic mass is 32.1. The smallest absolute Gasteiger partial charge is 0.254 e. The summed E-state index contributed by atoms with van der Waals surface area (Å²) < 4.78 is 0. The van der Waals surface area contributed by atoms with Gasteiger partial charge in [-0.2, -0.15) is 0 Å². The van der Waals surface area contributed by atoms with Gasteiger partial charge in [0.05, 0.1) is 6.04 Å². The van der Waals surface area contributed by atoms with E-state index in [4.69, 9.17) is 0 Å². The Morgan fingerprint density at radius 1 is 1.11 bits per heavy atom. The van der Waals surface area contributed by atoms with Crippen molar-refractivity contribution in [1.29, 1.82) is 0 Å². The van der Waals surface area contributed by atoms with E-state index in [1.807, 2.05) is 4.90 Å². The Balaban J connectivity index is 1.95. The van der Waals surface area contributed by atoms with E-state index in [-0.39, 0.29) is 23.8 Å². The van der Waals surface area contributed by atoms with Crippen LogP contribution in [0.5, 0.6) is 0 Å². The first kappa shape index (κ1) is 19.1. The third-order valence-corrected chi connectivity index (χ3v) is 5.56. The van der Waals surface area contributed by atoms with Gasteiger partial charge in [0.15, 0.2) is 0 Å². The highest BCUT2D eigenvalue weighted by molar-refractivity contribution is 7.10. The number of nitrogens with one attached hydrogen (secondary N) is 2. The molecule has 27 heavy (non-hydrogen) atoms. The Morgan fingerprint density at radius 3 is 2.30 bits per heavy atom. The summed E-state index contributed by atoms with van der Waals surface area (Å²) in [6.45, 7) is 5.55. The Kier molecular flexibility index (Phi) is 5.60. The van der Waals surface area contributed by atoms with Crippen LogP contribution in [-0.4, -0.2) is 29.2 Å². The van der Waals surface area contributed by atoms with Crippen molar-refractivity contribution in [3.8, 4) is 0 Å². The molecule has 1 aromatic heterocycles. The van der Waals surface area contributed by atoms with Crippen LogP contribution in [0.1, 0.15) is 54.0 Å². The number of benzene rings is 1. The molecule has 0 bridgehead atoms. The lowest BCUT2D eigenvalue weighted by Crippen LogP contribution is -2.39. The average Bonchev–Trinajstić information content (AvgIpc) is 3.07. The first-order valence-electron chi connectivity index (χ1n) is 8.96. The molecule has 6 nitrogen and oxygen atoms in total. The maximum Gasteiger partial charge on any atom is 0.254 e. The number of amides is 3. The molecule has 0 saturated carbocycles. The second-order valence-electron chi connectivity index (χ2n) is 6.63. The molecule has 2 N–H and O–H groups in total. The summed E-state index contributed by atoms with van der Waals surface area (Å²) in [6, 6.07) is 7.10. The summed E-state index contributed by atoms with van der Waals surface area (Å²) in [5.74, 6) is -0.570. The van der Waals surface area contributed by atoms with Gasteiger partial charge >= 0.3 is 0 Å². The van der Waals surface area contributed by atoms with Crippen LogP contribution in [0.2, 0.25) is 0 Å². The van der Waals surface area contributed by atoms with Gasteiger partial charge in [-0.05, 0) is 48.1 Å². The Bertz CT molecular complexity index is 856. The Morgan fingerprint density at radius 2 is 1.74 bits per heavy atom. The largest absolute Gasteiger partial charge is 0.331 e. The fourth-order valence-corrected chi connectivity index (χ4v) is 4.48. The fourth-order valence-electron chi connectivity index (χ4n) is 3.55. The minimum atomic E-state index is -0.235. The van der Waals surface area contributed by atoms with Crippen LogP contribution in [0.25, 0.3) is 0 Å². The number of rotatable bonds is 4. The second-order valence-corrected chi connectivity index (χ2v) is 7.63. The summed E-state index contributed by atoms with van der Waals surface area (Å²) in [5.41, 5.74) is 2.64. The molecular weight excluding hydrogens is 362 g/mol. The molecule has 7 heteroatoms. The van der Waals surface area contributed by atoms with E-state index in [2.05, 4.69) is 29.0 Å². The first-order chi connectivity index (χ1) is 12.9. The topological polar surface area (TPSA) is 78.5 Å². The van der Waals surface area contributed by atoms with Crippen molar-refractivity contribution >= 4 is 40.4 Å². The van der Waals surface area contributed by atoms with Crippen LogP contribution >= 0.6 is 11.3 Å². The molecule has 1 atom stereocenters. The summed E-state index contributed by atoms with van der Waals surface area (Å²) in [7, 11) is 0. The SMILES string of the molecule is CC[C@H]1c2ccsc2CCN1C(=O)c1cc(NC(C)=O)cc(NC(C)=O)c1. The molecular formula is C20H23N3O3S. The maximum absolute atomic E-state index is 13.3.